The molecule has 88 valence electrons. The van der Waals surface area contributed by atoms with E-state index < -0.39 is 0 Å². The molecule has 1 aliphatic heterocycles. The van der Waals surface area contributed by atoms with Crippen molar-refractivity contribution < 1.29 is 4.74 Å². The molecular formula is C13H14N2O2. The summed E-state index contributed by atoms with van der Waals surface area (Å²) in [6, 6.07) is 5.56. The zero-order valence-electron chi connectivity index (χ0n) is 9.67. The van der Waals surface area contributed by atoms with Gasteiger partial charge in [0, 0.05) is 41.7 Å². The van der Waals surface area contributed by atoms with Gasteiger partial charge in [-0.1, -0.05) is 0 Å². The minimum atomic E-state index is 0.111. The first-order valence-corrected chi connectivity index (χ1v) is 5.72. The van der Waals surface area contributed by atoms with Gasteiger partial charge in [0.25, 0.3) is 0 Å². The molecule has 0 radical (unpaired) electrons. The molecular weight excluding hydrogens is 216 g/mol. The lowest BCUT2D eigenvalue weighted by Gasteiger charge is -2.17. The van der Waals surface area contributed by atoms with Crippen molar-refractivity contribution in [3.8, 4) is 5.75 Å². The Hall–Kier alpha value is -1.81. The second-order valence-corrected chi connectivity index (χ2v) is 4.25. The molecule has 4 nitrogen and oxygen atoms in total. The molecule has 0 fully saturated rings. The molecule has 17 heavy (non-hydrogen) atoms. The van der Waals surface area contributed by atoms with Gasteiger partial charge < -0.3 is 15.0 Å². The van der Waals surface area contributed by atoms with Gasteiger partial charge in [-0.3, -0.25) is 4.79 Å². The Morgan fingerprint density at radius 2 is 2.24 bits per heavy atom. The summed E-state index contributed by atoms with van der Waals surface area (Å²) in [5, 5.41) is 3.92. The van der Waals surface area contributed by atoms with Crippen LogP contribution in [0.2, 0.25) is 0 Å². The largest absolute Gasteiger partial charge is 0.497 e. The molecule has 0 saturated carbocycles. The van der Waals surface area contributed by atoms with Crippen LogP contribution in [0.5, 0.6) is 5.75 Å². The number of aromatic nitrogens is 1. The van der Waals surface area contributed by atoms with E-state index in [1.165, 1.54) is 0 Å². The van der Waals surface area contributed by atoms with Crippen LogP contribution in [0.25, 0.3) is 10.9 Å². The molecule has 1 aromatic carbocycles. The number of aromatic amines is 1. The van der Waals surface area contributed by atoms with Crippen LogP contribution in [-0.2, 0) is 13.0 Å². The molecule has 0 aliphatic carbocycles. The first-order chi connectivity index (χ1) is 8.29. The van der Waals surface area contributed by atoms with Crippen molar-refractivity contribution in [3.63, 3.8) is 0 Å². The predicted octanol–water partition coefficient (Wildman–Crippen LogP) is 1.18. The standard InChI is InChI=1S/C13H14N2O2/c1-17-8-2-3-11-9(6-8)13(16)10-7-14-5-4-12(10)15-11/h2-3,6,14H,4-5,7H2,1H3,(H,15,16). The number of nitrogens with one attached hydrogen (secondary N) is 2. The van der Waals surface area contributed by atoms with Crippen molar-refractivity contribution in [2.24, 2.45) is 0 Å². The molecule has 1 aromatic heterocycles. The van der Waals surface area contributed by atoms with Gasteiger partial charge in [-0.25, -0.2) is 0 Å². The highest BCUT2D eigenvalue weighted by atomic mass is 16.5. The summed E-state index contributed by atoms with van der Waals surface area (Å²) in [7, 11) is 1.61. The fourth-order valence-electron chi connectivity index (χ4n) is 2.31. The quantitative estimate of drug-likeness (QED) is 0.773. The van der Waals surface area contributed by atoms with E-state index >= 15 is 0 Å². The van der Waals surface area contributed by atoms with Gasteiger partial charge in [0.05, 0.1) is 7.11 Å². The molecule has 0 atom stereocenters. The van der Waals surface area contributed by atoms with Crippen LogP contribution in [0.1, 0.15) is 11.3 Å². The van der Waals surface area contributed by atoms with E-state index in [4.69, 9.17) is 4.74 Å². The van der Waals surface area contributed by atoms with Crippen molar-refractivity contribution in [1.29, 1.82) is 0 Å². The molecule has 1 aliphatic rings. The van der Waals surface area contributed by atoms with Gasteiger partial charge in [0.2, 0.25) is 0 Å². The van der Waals surface area contributed by atoms with Crippen molar-refractivity contribution in [2.75, 3.05) is 13.7 Å². The molecule has 3 rings (SSSR count). The van der Waals surface area contributed by atoms with Crippen molar-refractivity contribution >= 4 is 10.9 Å². The molecule has 0 bridgehead atoms. The number of methoxy groups -OCH3 is 1. The predicted molar refractivity (Wildman–Crippen MR) is 66.5 cm³/mol. The summed E-state index contributed by atoms with van der Waals surface area (Å²) in [5.74, 6) is 0.715. The van der Waals surface area contributed by atoms with E-state index in [0.29, 0.717) is 17.7 Å². The SMILES string of the molecule is COc1ccc2[nH]c3c(c(=O)c2c1)CNCC3. The Kier molecular flexibility index (Phi) is 2.37. The maximum Gasteiger partial charge on any atom is 0.194 e. The number of H-pyrrole nitrogens is 1. The van der Waals surface area contributed by atoms with Crippen molar-refractivity contribution in [3.05, 3.63) is 39.7 Å². The number of rotatable bonds is 1. The van der Waals surface area contributed by atoms with Gasteiger partial charge in [0.1, 0.15) is 5.75 Å². The monoisotopic (exact) mass is 230 g/mol. The number of hydrogen-bond acceptors (Lipinski definition) is 3. The fraction of sp³-hybridized carbons (Fsp3) is 0.308. The van der Waals surface area contributed by atoms with Crippen LogP contribution in [0, 0.1) is 0 Å². The van der Waals surface area contributed by atoms with E-state index in [9.17, 15) is 4.79 Å². The van der Waals surface area contributed by atoms with Crippen LogP contribution < -0.4 is 15.5 Å². The highest BCUT2D eigenvalue weighted by molar-refractivity contribution is 5.81. The molecule has 2 heterocycles. The minimum absolute atomic E-state index is 0.111. The van der Waals surface area contributed by atoms with E-state index in [1.54, 1.807) is 13.2 Å². The van der Waals surface area contributed by atoms with E-state index in [-0.39, 0.29) is 5.43 Å². The summed E-state index contributed by atoms with van der Waals surface area (Å²) >= 11 is 0. The molecule has 2 aromatic rings. The second-order valence-electron chi connectivity index (χ2n) is 4.25. The summed E-state index contributed by atoms with van der Waals surface area (Å²) in [6.07, 6.45) is 0.881. The highest BCUT2D eigenvalue weighted by Crippen LogP contribution is 2.19. The van der Waals surface area contributed by atoms with E-state index in [0.717, 1.165) is 29.7 Å². The Morgan fingerprint density at radius 3 is 3.06 bits per heavy atom. The van der Waals surface area contributed by atoms with E-state index in [1.807, 2.05) is 12.1 Å². The lowest BCUT2D eigenvalue weighted by Crippen LogP contribution is -2.30. The fourth-order valence-corrected chi connectivity index (χ4v) is 2.31. The van der Waals surface area contributed by atoms with Crippen LogP contribution in [0.4, 0.5) is 0 Å². The average Bonchev–Trinajstić information content (AvgIpc) is 2.39. The van der Waals surface area contributed by atoms with E-state index in [2.05, 4.69) is 10.3 Å². The Labute approximate surface area is 98.6 Å². The van der Waals surface area contributed by atoms with Crippen LogP contribution >= 0.6 is 0 Å². The Morgan fingerprint density at radius 1 is 1.35 bits per heavy atom. The lowest BCUT2D eigenvalue weighted by atomic mass is 10.0. The Bertz CT molecular complexity index is 631. The zero-order valence-corrected chi connectivity index (χ0v) is 9.67. The second kappa shape index (κ2) is 3.89. The zero-order chi connectivity index (χ0) is 11.8. The van der Waals surface area contributed by atoms with Crippen LogP contribution in [0.3, 0.4) is 0 Å². The topological polar surface area (TPSA) is 54.1 Å². The lowest BCUT2D eigenvalue weighted by molar-refractivity contribution is 0.415. The Balaban J connectivity index is 2.33. The highest BCUT2D eigenvalue weighted by Gasteiger charge is 2.15. The number of hydrogen-bond donors (Lipinski definition) is 2. The third kappa shape index (κ3) is 1.61. The molecule has 0 saturated heterocycles. The summed E-state index contributed by atoms with van der Waals surface area (Å²) in [6.45, 7) is 1.57. The van der Waals surface area contributed by atoms with Crippen molar-refractivity contribution in [2.45, 2.75) is 13.0 Å². The number of benzene rings is 1. The third-order valence-corrected chi connectivity index (χ3v) is 3.25. The molecule has 2 N–H and O–H groups in total. The van der Waals surface area contributed by atoms with Gasteiger partial charge in [0.15, 0.2) is 5.43 Å². The van der Waals surface area contributed by atoms with Gasteiger partial charge in [-0.05, 0) is 18.2 Å². The van der Waals surface area contributed by atoms with Crippen LogP contribution in [-0.4, -0.2) is 18.6 Å². The first kappa shape index (κ1) is 10.4. The third-order valence-electron chi connectivity index (χ3n) is 3.25. The normalized spacial score (nSPS) is 14.6. The van der Waals surface area contributed by atoms with Crippen molar-refractivity contribution in [1.82, 2.24) is 10.3 Å². The molecule has 0 amide bonds. The van der Waals surface area contributed by atoms with Gasteiger partial charge in [-0.15, -0.1) is 0 Å². The molecule has 0 unspecified atom stereocenters. The average molecular weight is 230 g/mol. The molecule has 0 spiro atoms. The van der Waals surface area contributed by atoms with Gasteiger partial charge in [-0.2, -0.15) is 0 Å². The number of ether oxygens (including phenoxy) is 1. The maximum atomic E-state index is 12.3. The number of pyridine rings is 1. The maximum absolute atomic E-state index is 12.3. The minimum Gasteiger partial charge on any atom is -0.497 e. The first-order valence-electron chi connectivity index (χ1n) is 5.72. The summed E-state index contributed by atoms with van der Waals surface area (Å²) < 4.78 is 5.15. The smallest absolute Gasteiger partial charge is 0.194 e. The summed E-state index contributed by atoms with van der Waals surface area (Å²) in [5.41, 5.74) is 2.92. The van der Waals surface area contributed by atoms with Crippen LogP contribution in [0.15, 0.2) is 23.0 Å². The molecule has 4 heteroatoms. The number of fused-ring (bicyclic) bond motifs is 2. The van der Waals surface area contributed by atoms with Gasteiger partial charge >= 0.3 is 0 Å². The summed E-state index contributed by atoms with van der Waals surface area (Å²) in [4.78, 5) is 15.7.